The Balaban J connectivity index is 1.96. The summed E-state index contributed by atoms with van der Waals surface area (Å²) in [5.74, 6) is 1.08. The lowest BCUT2D eigenvalue weighted by Crippen LogP contribution is -2.24. The van der Waals surface area contributed by atoms with Crippen molar-refractivity contribution in [1.82, 2.24) is 14.9 Å². The van der Waals surface area contributed by atoms with Gasteiger partial charge in [-0.1, -0.05) is 0 Å². The average molecular weight is 284 g/mol. The molecule has 2 aromatic rings. The predicted molar refractivity (Wildman–Crippen MR) is 87.3 cm³/mol. The van der Waals surface area contributed by atoms with E-state index in [4.69, 9.17) is 4.98 Å². The molecule has 0 amide bonds. The largest absolute Gasteiger partial charge is 0.372 e. The van der Waals surface area contributed by atoms with Crippen LogP contribution in [0.3, 0.4) is 0 Å². The van der Waals surface area contributed by atoms with Gasteiger partial charge in [-0.3, -0.25) is 0 Å². The molecule has 1 aromatic carbocycles. The molecule has 0 unspecified atom stereocenters. The van der Waals surface area contributed by atoms with E-state index in [1.807, 2.05) is 0 Å². The normalized spacial score (nSPS) is 14.0. The zero-order chi connectivity index (χ0) is 14.8. The van der Waals surface area contributed by atoms with E-state index in [2.05, 4.69) is 59.8 Å². The number of nitrogens with zero attached hydrogens (tertiary/aromatic N) is 3. The van der Waals surface area contributed by atoms with Crippen LogP contribution < -0.4 is 10.2 Å². The third kappa shape index (κ3) is 2.56. The summed E-state index contributed by atoms with van der Waals surface area (Å²) in [7, 11) is 0. The SMILES string of the molecule is CCN(CC)c1ccc(-n2c(C)nc3c2CCNC3)cc1. The summed E-state index contributed by atoms with van der Waals surface area (Å²) in [6.45, 7) is 10.5. The number of aromatic nitrogens is 2. The molecule has 112 valence electrons. The van der Waals surface area contributed by atoms with E-state index in [1.54, 1.807) is 0 Å². The number of benzene rings is 1. The fourth-order valence-corrected chi connectivity index (χ4v) is 3.19. The lowest BCUT2D eigenvalue weighted by Gasteiger charge is -2.22. The highest BCUT2D eigenvalue weighted by Gasteiger charge is 2.18. The summed E-state index contributed by atoms with van der Waals surface area (Å²) >= 11 is 0. The third-order valence-corrected chi connectivity index (χ3v) is 4.29. The maximum Gasteiger partial charge on any atom is 0.110 e. The first kappa shape index (κ1) is 14.1. The standard InChI is InChI=1S/C17H24N4/c1-4-20(5-2)14-6-8-15(9-7-14)21-13(3)19-16-12-18-11-10-17(16)21/h6-9,18H,4-5,10-12H2,1-3H3. The van der Waals surface area contributed by atoms with E-state index in [1.165, 1.54) is 22.8 Å². The molecule has 0 atom stereocenters. The zero-order valence-corrected chi connectivity index (χ0v) is 13.2. The first-order chi connectivity index (χ1) is 10.2. The molecule has 0 spiro atoms. The van der Waals surface area contributed by atoms with Crippen molar-refractivity contribution >= 4 is 5.69 Å². The molecule has 0 fully saturated rings. The van der Waals surface area contributed by atoms with Crippen molar-refractivity contribution in [3.63, 3.8) is 0 Å². The van der Waals surface area contributed by atoms with Crippen molar-refractivity contribution in [2.45, 2.75) is 33.7 Å². The van der Waals surface area contributed by atoms with E-state index in [-0.39, 0.29) is 0 Å². The molecule has 21 heavy (non-hydrogen) atoms. The summed E-state index contributed by atoms with van der Waals surface area (Å²) in [6, 6.07) is 8.86. The van der Waals surface area contributed by atoms with E-state index in [0.717, 1.165) is 38.4 Å². The van der Waals surface area contributed by atoms with Gasteiger partial charge in [0, 0.05) is 49.7 Å². The van der Waals surface area contributed by atoms with Crippen LogP contribution in [0.15, 0.2) is 24.3 Å². The van der Waals surface area contributed by atoms with Crippen LogP contribution in [-0.4, -0.2) is 29.2 Å². The number of hydrogen-bond acceptors (Lipinski definition) is 3. The molecule has 1 N–H and O–H groups in total. The van der Waals surface area contributed by atoms with E-state index in [0.29, 0.717) is 0 Å². The van der Waals surface area contributed by atoms with Gasteiger partial charge in [0.1, 0.15) is 5.82 Å². The van der Waals surface area contributed by atoms with Crippen LogP contribution in [0.4, 0.5) is 5.69 Å². The highest BCUT2D eigenvalue weighted by atomic mass is 15.1. The van der Waals surface area contributed by atoms with E-state index in [9.17, 15) is 0 Å². The van der Waals surface area contributed by atoms with Crippen LogP contribution in [0.1, 0.15) is 31.1 Å². The number of hydrogen-bond donors (Lipinski definition) is 1. The number of fused-ring (bicyclic) bond motifs is 1. The lowest BCUT2D eigenvalue weighted by molar-refractivity contribution is 0.620. The fourth-order valence-electron chi connectivity index (χ4n) is 3.19. The van der Waals surface area contributed by atoms with Crippen molar-refractivity contribution in [1.29, 1.82) is 0 Å². The maximum absolute atomic E-state index is 4.71. The number of anilines is 1. The van der Waals surface area contributed by atoms with Crippen LogP contribution >= 0.6 is 0 Å². The molecule has 1 aliphatic rings. The fraction of sp³-hybridized carbons (Fsp3) is 0.471. The first-order valence-corrected chi connectivity index (χ1v) is 7.87. The Kier molecular flexibility index (Phi) is 3.97. The highest BCUT2D eigenvalue weighted by molar-refractivity contribution is 5.52. The molecule has 4 nitrogen and oxygen atoms in total. The number of rotatable bonds is 4. The van der Waals surface area contributed by atoms with Gasteiger partial charge >= 0.3 is 0 Å². The van der Waals surface area contributed by atoms with Gasteiger partial charge in [-0.2, -0.15) is 0 Å². The summed E-state index contributed by atoms with van der Waals surface area (Å²) in [5.41, 5.74) is 5.07. The van der Waals surface area contributed by atoms with Gasteiger partial charge in [-0.15, -0.1) is 0 Å². The molecule has 1 aliphatic heterocycles. The molecule has 0 bridgehead atoms. The summed E-state index contributed by atoms with van der Waals surface area (Å²) in [4.78, 5) is 7.07. The zero-order valence-electron chi connectivity index (χ0n) is 13.2. The Hall–Kier alpha value is -1.81. The average Bonchev–Trinajstić information content (AvgIpc) is 2.85. The van der Waals surface area contributed by atoms with Crippen molar-refractivity contribution in [3.05, 3.63) is 41.5 Å². The van der Waals surface area contributed by atoms with Crippen LogP contribution in [0, 0.1) is 6.92 Å². The minimum atomic E-state index is 0.890. The molecular weight excluding hydrogens is 260 g/mol. The monoisotopic (exact) mass is 284 g/mol. The van der Waals surface area contributed by atoms with Crippen molar-refractivity contribution < 1.29 is 0 Å². The van der Waals surface area contributed by atoms with Gasteiger partial charge < -0.3 is 14.8 Å². The lowest BCUT2D eigenvalue weighted by atomic mass is 10.1. The highest BCUT2D eigenvalue weighted by Crippen LogP contribution is 2.23. The first-order valence-electron chi connectivity index (χ1n) is 7.87. The topological polar surface area (TPSA) is 33.1 Å². The number of imidazole rings is 1. The Bertz CT molecular complexity index is 608. The Morgan fingerprint density at radius 1 is 1.19 bits per heavy atom. The molecular formula is C17H24N4. The van der Waals surface area contributed by atoms with E-state index < -0.39 is 0 Å². The predicted octanol–water partition coefficient (Wildman–Crippen LogP) is 2.67. The smallest absolute Gasteiger partial charge is 0.110 e. The quantitative estimate of drug-likeness (QED) is 0.937. The van der Waals surface area contributed by atoms with Crippen LogP contribution in [0.2, 0.25) is 0 Å². The minimum absolute atomic E-state index is 0.890. The number of nitrogens with one attached hydrogen (secondary N) is 1. The molecule has 2 heterocycles. The maximum atomic E-state index is 4.71. The van der Waals surface area contributed by atoms with Gasteiger partial charge in [0.25, 0.3) is 0 Å². The third-order valence-electron chi connectivity index (χ3n) is 4.29. The van der Waals surface area contributed by atoms with E-state index >= 15 is 0 Å². The molecule has 1 aromatic heterocycles. The molecule has 3 rings (SSSR count). The van der Waals surface area contributed by atoms with Crippen molar-refractivity contribution in [2.24, 2.45) is 0 Å². The van der Waals surface area contributed by atoms with Crippen LogP contribution in [-0.2, 0) is 13.0 Å². The van der Waals surface area contributed by atoms with Crippen molar-refractivity contribution in [3.8, 4) is 5.69 Å². The molecule has 0 radical (unpaired) electrons. The minimum Gasteiger partial charge on any atom is -0.372 e. The Morgan fingerprint density at radius 2 is 1.90 bits per heavy atom. The second-order valence-electron chi connectivity index (χ2n) is 5.50. The van der Waals surface area contributed by atoms with Crippen LogP contribution in [0.5, 0.6) is 0 Å². The van der Waals surface area contributed by atoms with Gasteiger partial charge in [0.05, 0.1) is 5.69 Å². The summed E-state index contributed by atoms with van der Waals surface area (Å²) in [6.07, 6.45) is 1.05. The Morgan fingerprint density at radius 3 is 2.57 bits per heavy atom. The number of aryl methyl sites for hydroxylation is 1. The van der Waals surface area contributed by atoms with Gasteiger partial charge in [0.2, 0.25) is 0 Å². The molecule has 0 aliphatic carbocycles. The second-order valence-corrected chi connectivity index (χ2v) is 5.50. The summed E-state index contributed by atoms with van der Waals surface area (Å²) < 4.78 is 2.31. The van der Waals surface area contributed by atoms with Gasteiger partial charge in [-0.25, -0.2) is 4.98 Å². The second kappa shape index (κ2) is 5.90. The Labute approximate surface area is 126 Å². The van der Waals surface area contributed by atoms with Gasteiger partial charge in [0.15, 0.2) is 0 Å². The van der Waals surface area contributed by atoms with Gasteiger partial charge in [-0.05, 0) is 45.0 Å². The molecule has 4 heteroatoms. The van der Waals surface area contributed by atoms with Crippen LogP contribution in [0.25, 0.3) is 5.69 Å². The summed E-state index contributed by atoms with van der Waals surface area (Å²) in [5, 5.41) is 3.39. The molecule has 0 saturated heterocycles. The molecule has 0 saturated carbocycles. The van der Waals surface area contributed by atoms with Crippen molar-refractivity contribution in [2.75, 3.05) is 24.5 Å².